The van der Waals surface area contributed by atoms with E-state index in [0.29, 0.717) is 23.9 Å². The lowest BCUT2D eigenvalue weighted by molar-refractivity contribution is -0.870. The average molecular weight is 810 g/mol. The maximum atomic E-state index is 12.6. The molecule has 0 heterocycles. The van der Waals surface area contributed by atoms with Gasteiger partial charge in [0.25, 0.3) is 7.82 Å². The van der Waals surface area contributed by atoms with Gasteiger partial charge in [0, 0.05) is 12.8 Å². The maximum absolute atomic E-state index is 12.6. The fourth-order valence-electron chi connectivity index (χ4n) is 5.82. The van der Waals surface area contributed by atoms with E-state index in [2.05, 4.69) is 62.5 Å². The molecule has 1 unspecified atom stereocenters. The molecule has 0 saturated carbocycles. The van der Waals surface area contributed by atoms with E-state index < -0.39 is 32.5 Å². The van der Waals surface area contributed by atoms with Crippen LogP contribution >= 0.6 is 7.82 Å². The van der Waals surface area contributed by atoms with E-state index in [4.69, 9.17) is 18.5 Å². The molecule has 0 aliphatic heterocycles. The topological polar surface area (TPSA) is 111 Å². The summed E-state index contributed by atoms with van der Waals surface area (Å²) >= 11 is 0. The molecule has 0 bridgehead atoms. The van der Waals surface area contributed by atoms with E-state index in [1.54, 1.807) is 0 Å². The maximum Gasteiger partial charge on any atom is 0.306 e. The van der Waals surface area contributed by atoms with E-state index in [9.17, 15) is 19.0 Å². The highest BCUT2D eigenvalue weighted by Gasteiger charge is 2.21. The molecule has 0 fully saturated rings. The van der Waals surface area contributed by atoms with Crippen molar-refractivity contribution in [2.75, 3.05) is 47.5 Å². The Bertz CT molecular complexity index is 1100. The Balaban J connectivity index is 4.40. The molecule has 0 aromatic carbocycles. The van der Waals surface area contributed by atoms with E-state index in [1.165, 1.54) is 96.3 Å². The number of unbranched alkanes of at least 4 members (excludes halogenated alkanes) is 18. The number of rotatable bonds is 40. The fraction of sp³-hybridized carbons (Fsp3) is 0.783. The van der Waals surface area contributed by atoms with Gasteiger partial charge >= 0.3 is 11.9 Å². The van der Waals surface area contributed by atoms with Crippen molar-refractivity contribution >= 4 is 19.8 Å². The molecule has 0 rings (SSSR count). The summed E-state index contributed by atoms with van der Waals surface area (Å²) in [5, 5.41) is 0. The summed E-state index contributed by atoms with van der Waals surface area (Å²) in [5.74, 6) is -0.900. The Hall–Kier alpha value is -2.03. The van der Waals surface area contributed by atoms with Crippen LogP contribution in [0.2, 0.25) is 0 Å². The molecule has 9 nitrogen and oxygen atoms in total. The molecular weight excluding hydrogens is 725 g/mol. The summed E-state index contributed by atoms with van der Waals surface area (Å²) in [5.41, 5.74) is 0. The third-order valence-electron chi connectivity index (χ3n) is 9.35. The van der Waals surface area contributed by atoms with Gasteiger partial charge in [-0.25, -0.2) is 0 Å². The van der Waals surface area contributed by atoms with Crippen LogP contribution in [0, 0.1) is 0 Å². The number of carbonyl (C=O) groups excluding carboxylic acids is 2. The van der Waals surface area contributed by atoms with Crippen LogP contribution in [0.25, 0.3) is 0 Å². The number of nitrogens with zero attached hydrogens (tertiary/aromatic N) is 1. The molecule has 10 heteroatoms. The fourth-order valence-corrected chi connectivity index (χ4v) is 6.55. The largest absolute Gasteiger partial charge is 0.756 e. The molecule has 2 atom stereocenters. The van der Waals surface area contributed by atoms with Crippen molar-refractivity contribution in [3.05, 3.63) is 48.6 Å². The van der Waals surface area contributed by atoms with Crippen LogP contribution in [0.15, 0.2) is 48.6 Å². The first kappa shape index (κ1) is 54.0. The number of phosphoric acid groups is 1. The van der Waals surface area contributed by atoms with Crippen molar-refractivity contribution in [1.82, 2.24) is 0 Å². The van der Waals surface area contributed by atoms with E-state index in [0.717, 1.165) is 44.9 Å². The second kappa shape index (κ2) is 38.5. The van der Waals surface area contributed by atoms with E-state index >= 15 is 0 Å². The van der Waals surface area contributed by atoms with Gasteiger partial charge in [0.15, 0.2) is 6.10 Å². The van der Waals surface area contributed by atoms with Crippen LogP contribution in [0.5, 0.6) is 0 Å². The number of hydrogen-bond donors (Lipinski definition) is 0. The summed E-state index contributed by atoms with van der Waals surface area (Å²) in [7, 11) is 1.13. The smallest absolute Gasteiger partial charge is 0.306 e. The number of carbonyl (C=O) groups is 2. The number of hydrogen-bond acceptors (Lipinski definition) is 8. The molecule has 0 amide bonds. The summed E-state index contributed by atoms with van der Waals surface area (Å²) in [6, 6.07) is 0. The number of allylic oxidation sites excluding steroid dienone is 8. The Kier molecular flexibility index (Phi) is 37.1. The Morgan fingerprint density at radius 2 is 0.982 bits per heavy atom. The normalized spacial score (nSPS) is 14.0. The van der Waals surface area contributed by atoms with Crippen LogP contribution in [-0.2, 0) is 32.7 Å². The van der Waals surface area contributed by atoms with Crippen LogP contribution in [-0.4, -0.2) is 70.0 Å². The zero-order chi connectivity index (χ0) is 41.4. The average Bonchev–Trinajstić information content (AvgIpc) is 3.15. The van der Waals surface area contributed by atoms with E-state index in [1.807, 2.05) is 21.1 Å². The lowest BCUT2D eigenvalue weighted by Crippen LogP contribution is -2.37. The highest BCUT2D eigenvalue weighted by molar-refractivity contribution is 7.45. The van der Waals surface area contributed by atoms with Gasteiger partial charge in [-0.05, 0) is 51.4 Å². The van der Waals surface area contributed by atoms with Crippen molar-refractivity contribution < 1.29 is 42.1 Å². The van der Waals surface area contributed by atoms with Gasteiger partial charge in [-0.2, -0.15) is 0 Å². The van der Waals surface area contributed by atoms with Crippen molar-refractivity contribution in [2.45, 2.75) is 187 Å². The molecule has 0 aromatic rings. The molecule has 0 spiro atoms. The van der Waals surface area contributed by atoms with Gasteiger partial charge < -0.3 is 27.9 Å². The van der Waals surface area contributed by atoms with Gasteiger partial charge in [-0.3, -0.25) is 14.2 Å². The second-order valence-corrected chi connectivity index (χ2v) is 17.5. The molecule has 0 aromatic heterocycles. The Morgan fingerprint density at radius 1 is 0.554 bits per heavy atom. The summed E-state index contributed by atoms with van der Waals surface area (Å²) in [4.78, 5) is 37.4. The zero-order valence-electron chi connectivity index (χ0n) is 36.6. The molecular formula is C46H84NO8P. The van der Waals surface area contributed by atoms with Crippen LogP contribution in [0.3, 0.4) is 0 Å². The number of phosphoric ester groups is 1. The number of likely N-dealkylation sites (N-methyl/N-ethyl adjacent to an activating group) is 1. The van der Waals surface area contributed by atoms with Crippen LogP contribution in [0.4, 0.5) is 0 Å². The van der Waals surface area contributed by atoms with Gasteiger partial charge in [0.2, 0.25) is 0 Å². The molecule has 56 heavy (non-hydrogen) atoms. The first-order chi connectivity index (χ1) is 27.0. The van der Waals surface area contributed by atoms with Gasteiger partial charge in [0.1, 0.15) is 19.8 Å². The van der Waals surface area contributed by atoms with Crippen LogP contribution < -0.4 is 4.89 Å². The zero-order valence-corrected chi connectivity index (χ0v) is 37.5. The molecule has 0 N–H and O–H groups in total. The summed E-state index contributed by atoms with van der Waals surface area (Å²) in [6.45, 7) is 4.15. The first-order valence-electron chi connectivity index (χ1n) is 22.3. The highest BCUT2D eigenvalue weighted by atomic mass is 31.2. The standard InChI is InChI=1S/C46H84NO8P/c1-6-8-10-12-14-16-18-19-20-21-22-23-24-25-26-27-29-30-32-34-36-38-45(48)52-42-44(43-54-56(50,51)53-41-40-47(3,4)5)55-46(49)39-37-35-33-31-28-17-15-13-11-9-7-2/h20-21,23-24,26-27,30,32,44H,6-19,22,25,28-29,31,33-43H2,1-5H3/b21-20+,24-23+,27-26+,32-30+/t44-/m0/s1. The molecule has 326 valence electrons. The first-order valence-corrected chi connectivity index (χ1v) is 23.8. The van der Waals surface area contributed by atoms with Gasteiger partial charge in [-0.15, -0.1) is 0 Å². The second-order valence-electron chi connectivity index (χ2n) is 16.1. The van der Waals surface area contributed by atoms with E-state index in [-0.39, 0.29) is 26.1 Å². The lowest BCUT2D eigenvalue weighted by Gasteiger charge is -2.28. The number of quaternary nitrogens is 1. The Morgan fingerprint density at radius 3 is 1.48 bits per heavy atom. The number of ether oxygens (including phenoxy) is 2. The molecule has 0 aliphatic carbocycles. The molecule has 0 saturated heterocycles. The number of esters is 2. The van der Waals surface area contributed by atoms with Gasteiger partial charge in [-0.1, -0.05) is 165 Å². The highest BCUT2D eigenvalue weighted by Crippen LogP contribution is 2.38. The molecule has 0 aliphatic rings. The monoisotopic (exact) mass is 810 g/mol. The van der Waals surface area contributed by atoms with Crippen molar-refractivity contribution in [1.29, 1.82) is 0 Å². The molecule has 0 radical (unpaired) electrons. The summed E-state index contributed by atoms with van der Waals surface area (Å²) < 4.78 is 33.8. The Labute approximate surface area is 343 Å². The minimum Gasteiger partial charge on any atom is -0.756 e. The predicted molar refractivity (Wildman–Crippen MR) is 231 cm³/mol. The van der Waals surface area contributed by atoms with Crippen molar-refractivity contribution in [3.63, 3.8) is 0 Å². The quantitative estimate of drug-likeness (QED) is 0.0198. The predicted octanol–water partition coefficient (Wildman–Crippen LogP) is 12.1. The van der Waals surface area contributed by atoms with Gasteiger partial charge in [0.05, 0.1) is 27.7 Å². The SMILES string of the molecule is CCCCCCCCC/C=C/C/C=C/C/C=C/C/C=C/CCCC(=O)OC[C@@H](COP(=O)([O-])OCC[N+](C)(C)C)OC(=O)CCCCCCCCCCCCC. The van der Waals surface area contributed by atoms with Crippen molar-refractivity contribution in [3.8, 4) is 0 Å². The minimum atomic E-state index is -4.63. The lowest BCUT2D eigenvalue weighted by atomic mass is 10.1. The third kappa shape index (κ3) is 41.6. The van der Waals surface area contributed by atoms with Crippen molar-refractivity contribution in [2.24, 2.45) is 0 Å². The van der Waals surface area contributed by atoms with Crippen LogP contribution in [0.1, 0.15) is 181 Å². The minimum absolute atomic E-state index is 0.0395. The third-order valence-corrected chi connectivity index (χ3v) is 10.3. The summed E-state index contributed by atoms with van der Waals surface area (Å²) in [6.07, 6.45) is 44.4.